The molecule has 0 spiro atoms. The molecule has 0 saturated carbocycles. The molecule has 0 aliphatic carbocycles. The molecule has 0 aromatic carbocycles. The number of nitrogens with zero attached hydrogens (tertiary/aromatic N) is 3. The lowest BCUT2D eigenvalue weighted by atomic mass is 10.3. The Morgan fingerprint density at radius 1 is 1.80 bits per heavy atom. The Morgan fingerprint density at radius 2 is 2.50 bits per heavy atom. The Kier molecular flexibility index (Phi) is 5.82. The van der Waals surface area contributed by atoms with E-state index in [1.165, 1.54) is 6.92 Å². The third-order valence-electron chi connectivity index (χ3n) is 0.872. The first kappa shape index (κ1) is 9.20. The number of alkyl halides is 1. The molecule has 1 atom stereocenters. The highest BCUT2D eigenvalue weighted by atomic mass is 19.1. The summed E-state index contributed by atoms with van der Waals surface area (Å²) in [6.07, 6.45) is -0.507. The lowest BCUT2D eigenvalue weighted by molar-refractivity contribution is 0.120. The minimum atomic E-state index is -0.855. The molecule has 1 unspecified atom stereocenters. The van der Waals surface area contributed by atoms with Crippen LogP contribution in [0.15, 0.2) is 5.11 Å². The summed E-state index contributed by atoms with van der Waals surface area (Å²) >= 11 is 0. The first-order chi connectivity index (χ1) is 4.77. The SMILES string of the molecule is CC(F)CCOCN=[N+]=[N-]. The molecule has 0 N–H and O–H groups in total. The zero-order valence-corrected chi connectivity index (χ0v) is 5.83. The van der Waals surface area contributed by atoms with E-state index in [2.05, 4.69) is 10.0 Å². The molecule has 58 valence electrons. The van der Waals surface area contributed by atoms with Crippen molar-refractivity contribution in [1.82, 2.24) is 0 Å². The van der Waals surface area contributed by atoms with Crippen LogP contribution in [0.1, 0.15) is 13.3 Å². The van der Waals surface area contributed by atoms with Crippen LogP contribution in [0, 0.1) is 0 Å². The molecule has 4 nitrogen and oxygen atoms in total. The van der Waals surface area contributed by atoms with E-state index < -0.39 is 6.17 Å². The highest BCUT2D eigenvalue weighted by Gasteiger charge is 1.95. The van der Waals surface area contributed by atoms with Gasteiger partial charge in [0, 0.05) is 17.9 Å². The molecule has 0 heterocycles. The Morgan fingerprint density at radius 3 is 3.00 bits per heavy atom. The summed E-state index contributed by atoms with van der Waals surface area (Å²) in [5, 5.41) is 3.10. The maximum absolute atomic E-state index is 12.0. The van der Waals surface area contributed by atoms with E-state index in [1.54, 1.807) is 0 Å². The molecule has 0 bridgehead atoms. The van der Waals surface area contributed by atoms with Crippen molar-refractivity contribution in [2.24, 2.45) is 5.11 Å². The zero-order chi connectivity index (χ0) is 7.82. The van der Waals surface area contributed by atoms with Gasteiger partial charge in [-0.05, 0) is 12.5 Å². The van der Waals surface area contributed by atoms with Crippen LogP contribution < -0.4 is 0 Å². The van der Waals surface area contributed by atoms with Gasteiger partial charge in [-0.1, -0.05) is 5.11 Å². The molecular weight excluding hydrogens is 137 g/mol. The molecule has 0 amide bonds. The van der Waals surface area contributed by atoms with Gasteiger partial charge in [-0.15, -0.1) is 0 Å². The summed E-state index contributed by atoms with van der Waals surface area (Å²) < 4.78 is 16.8. The Balaban J connectivity index is 2.98. The molecule has 0 aliphatic rings. The van der Waals surface area contributed by atoms with Crippen LogP contribution in [0.25, 0.3) is 10.4 Å². The first-order valence-electron chi connectivity index (χ1n) is 3.00. The van der Waals surface area contributed by atoms with Crippen molar-refractivity contribution in [3.8, 4) is 0 Å². The van der Waals surface area contributed by atoms with E-state index in [9.17, 15) is 4.39 Å². The van der Waals surface area contributed by atoms with Crippen molar-refractivity contribution in [2.75, 3.05) is 13.3 Å². The zero-order valence-electron chi connectivity index (χ0n) is 5.83. The second-order valence-corrected chi connectivity index (χ2v) is 1.84. The average Bonchev–Trinajstić information content (AvgIpc) is 1.87. The smallest absolute Gasteiger partial charge is 0.125 e. The highest BCUT2D eigenvalue weighted by molar-refractivity contribution is 4.44. The number of ether oxygens (including phenoxy) is 1. The fourth-order valence-electron chi connectivity index (χ4n) is 0.377. The van der Waals surface area contributed by atoms with E-state index in [1.807, 2.05) is 0 Å². The maximum Gasteiger partial charge on any atom is 0.125 e. The molecule has 0 saturated heterocycles. The molecule has 0 aromatic rings. The van der Waals surface area contributed by atoms with Crippen molar-refractivity contribution in [3.63, 3.8) is 0 Å². The Hall–Kier alpha value is -0.800. The fraction of sp³-hybridized carbons (Fsp3) is 1.00. The van der Waals surface area contributed by atoms with Gasteiger partial charge >= 0.3 is 0 Å². The molecule has 5 heteroatoms. The maximum atomic E-state index is 12.0. The van der Waals surface area contributed by atoms with E-state index in [0.717, 1.165) is 0 Å². The largest absolute Gasteiger partial charge is 0.375 e. The average molecular weight is 147 g/mol. The quantitative estimate of drug-likeness (QED) is 0.254. The van der Waals surface area contributed by atoms with E-state index >= 15 is 0 Å². The summed E-state index contributed by atoms with van der Waals surface area (Å²) in [5.41, 5.74) is 7.78. The number of halogens is 1. The highest BCUT2D eigenvalue weighted by Crippen LogP contribution is 1.95. The Labute approximate surface area is 58.6 Å². The van der Waals surface area contributed by atoms with Crippen molar-refractivity contribution in [2.45, 2.75) is 19.5 Å². The van der Waals surface area contributed by atoms with Crippen LogP contribution in [0.2, 0.25) is 0 Å². The van der Waals surface area contributed by atoms with Crippen LogP contribution in [0.3, 0.4) is 0 Å². The van der Waals surface area contributed by atoms with Crippen molar-refractivity contribution in [1.29, 1.82) is 0 Å². The van der Waals surface area contributed by atoms with Gasteiger partial charge in [0.25, 0.3) is 0 Å². The second-order valence-electron chi connectivity index (χ2n) is 1.84. The van der Waals surface area contributed by atoms with Gasteiger partial charge in [-0.3, -0.25) is 0 Å². The number of rotatable bonds is 5. The minimum Gasteiger partial charge on any atom is -0.375 e. The van der Waals surface area contributed by atoms with Gasteiger partial charge in [0.2, 0.25) is 0 Å². The Bertz CT molecular complexity index is 122. The van der Waals surface area contributed by atoms with E-state index in [0.29, 0.717) is 13.0 Å². The summed E-state index contributed by atoms with van der Waals surface area (Å²) in [6.45, 7) is 1.75. The third-order valence-corrected chi connectivity index (χ3v) is 0.872. The van der Waals surface area contributed by atoms with Gasteiger partial charge in [0.15, 0.2) is 0 Å². The number of hydrogen-bond acceptors (Lipinski definition) is 2. The van der Waals surface area contributed by atoms with Crippen LogP contribution >= 0.6 is 0 Å². The van der Waals surface area contributed by atoms with E-state index in [4.69, 9.17) is 10.3 Å². The molecule has 0 fully saturated rings. The van der Waals surface area contributed by atoms with Gasteiger partial charge in [0.05, 0.1) is 6.17 Å². The summed E-state index contributed by atoms with van der Waals surface area (Å²) in [7, 11) is 0. The lowest BCUT2D eigenvalue weighted by Gasteiger charge is -1.99. The topological polar surface area (TPSA) is 58.0 Å². The van der Waals surface area contributed by atoms with Crippen molar-refractivity contribution < 1.29 is 9.13 Å². The predicted molar refractivity (Wildman–Crippen MR) is 35.2 cm³/mol. The number of azide groups is 1. The third kappa shape index (κ3) is 7.20. The van der Waals surface area contributed by atoms with Crippen LogP contribution in [-0.2, 0) is 4.74 Å². The van der Waals surface area contributed by atoms with Crippen molar-refractivity contribution in [3.05, 3.63) is 10.4 Å². The summed E-state index contributed by atoms with van der Waals surface area (Å²) in [4.78, 5) is 2.46. The second kappa shape index (κ2) is 6.32. The molecule has 0 radical (unpaired) electrons. The number of hydrogen-bond donors (Lipinski definition) is 0. The monoisotopic (exact) mass is 147 g/mol. The predicted octanol–water partition coefficient (Wildman–Crippen LogP) is 2.02. The minimum absolute atomic E-state index is 0.0107. The first-order valence-corrected chi connectivity index (χ1v) is 3.00. The molecule has 0 aromatic heterocycles. The lowest BCUT2D eigenvalue weighted by Crippen LogP contribution is -2.00. The standard InChI is InChI=1S/C5H10FN3O/c1-5(6)2-3-10-4-8-9-7/h5H,2-4H2,1H3. The van der Waals surface area contributed by atoms with Gasteiger partial charge < -0.3 is 4.74 Å². The fourth-order valence-corrected chi connectivity index (χ4v) is 0.377. The normalized spacial score (nSPS) is 12.2. The van der Waals surface area contributed by atoms with Gasteiger partial charge in [0.1, 0.15) is 6.73 Å². The molecule has 0 aliphatic heterocycles. The van der Waals surface area contributed by atoms with Gasteiger partial charge in [-0.2, -0.15) is 0 Å². The van der Waals surface area contributed by atoms with Gasteiger partial charge in [-0.25, -0.2) is 4.39 Å². The van der Waals surface area contributed by atoms with E-state index in [-0.39, 0.29) is 6.73 Å². The molecule has 0 rings (SSSR count). The molecular formula is C5H10FN3O. The van der Waals surface area contributed by atoms with Crippen molar-refractivity contribution >= 4 is 0 Å². The van der Waals surface area contributed by atoms with Crippen LogP contribution in [0.4, 0.5) is 4.39 Å². The summed E-state index contributed by atoms with van der Waals surface area (Å²) in [6, 6.07) is 0. The van der Waals surface area contributed by atoms with Crippen LogP contribution in [0.5, 0.6) is 0 Å². The molecule has 10 heavy (non-hydrogen) atoms. The summed E-state index contributed by atoms with van der Waals surface area (Å²) in [5.74, 6) is 0. The van der Waals surface area contributed by atoms with Crippen LogP contribution in [-0.4, -0.2) is 19.5 Å².